The van der Waals surface area contributed by atoms with Gasteiger partial charge in [0.15, 0.2) is 6.61 Å². The summed E-state index contributed by atoms with van der Waals surface area (Å²) in [5, 5.41) is 13.8. The highest BCUT2D eigenvalue weighted by molar-refractivity contribution is 5.80. The summed E-state index contributed by atoms with van der Waals surface area (Å²) < 4.78 is 16.7. The summed E-state index contributed by atoms with van der Waals surface area (Å²) in [6, 6.07) is 13.0. The first-order chi connectivity index (χ1) is 18.9. The highest BCUT2D eigenvalue weighted by Gasteiger charge is 2.40. The Labute approximate surface area is 234 Å². The zero-order valence-corrected chi connectivity index (χ0v) is 24.0. The third-order valence-corrected chi connectivity index (χ3v) is 6.66. The predicted molar refractivity (Wildman–Crippen MR) is 148 cm³/mol. The molecular weight excluding hydrogens is 510 g/mol. The number of rotatable bonds is 7. The molecule has 1 aliphatic rings. The van der Waals surface area contributed by atoms with Gasteiger partial charge in [-0.2, -0.15) is 10.2 Å². The van der Waals surface area contributed by atoms with Crippen molar-refractivity contribution >= 4 is 12.0 Å². The number of nitrogens with zero attached hydrogens (tertiary/aromatic N) is 5. The molecule has 0 saturated carbocycles. The van der Waals surface area contributed by atoms with Gasteiger partial charge in [0.25, 0.3) is 11.8 Å². The van der Waals surface area contributed by atoms with Crippen molar-refractivity contribution in [1.29, 1.82) is 5.26 Å². The van der Waals surface area contributed by atoms with Gasteiger partial charge in [0, 0.05) is 30.8 Å². The zero-order valence-electron chi connectivity index (χ0n) is 24.0. The minimum Gasteiger partial charge on any atom is -0.490 e. The first-order valence-electron chi connectivity index (χ1n) is 13.2. The van der Waals surface area contributed by atoms with E-state index >= 15 is 0 Å². The molecule has 3 aromatic rings. The third-order valence-electron chi connectivity index (χ3n) is 6.66. The van der Waals surface area contributed by atoms with E-state index in [9.17, 15) is 14.9 Å². The summed E-state index contributed by atoms with van der Waals surface area (Å²) in [6.45, 7) is 9.32. The van der Waals surface area contributed by atoms with Crippen LogP contribution in [0.1, 0.15) is 63.8 Å². The maximum Gasteiger partial charge on any atom is 0.411 e. The van der Waals surface area contributed by atoms with E-state index in [0.717, 1.165) is 16.7 Å². The molecule has 0 N–H and O–H groups in total. The van der Waals surface area contributed by atoms with E-state index in [2.05, 4.69) is 16.2 Å². The van der Waals surface area contributed by atoms with Crippen LogP contribution in [-0.2, 0) is 16.0 Å². The van der Waals surface area contributed by atoms with Crippen LogP contribution in [0.3, 0.4) is 0 Å². The minimum absolute atomic E-state index is 0.0615. The first kappa shape index (κ1) is 28.6. The van der Waals surface area contributed by atoms with Crippen molar-refractivity contribution in [1.82, 2.24) is 19.9 Å². The number of hydrogen-bond acceptors (Lipinski definition) is 8. The normalized spacial score (nSPS) is 14.4. The van der Waals surface area contributed by atoms with Gasteiger partial charge in [0.1, 0.15) is 11.8 Å². The summed E-state index contributed by atoms with van der Waals surface area (Å²) in [4.78, 5) is 33.0. The lowest BCUT2D eigenvalue weighted by Gasteiger charge is -2.39. The smallest absolute Gasteiger partial charge is 0.411 e. The van der Waals surface area contributed by atoms with E-state index in [-0.39, 0.29) is 24.7 Å². The Hall–Kier alpha value is -4.39. The topological polar surface area (TPSA) is 122 Å². The van der Waals surface area contributed by atoms with Gasteiger partial charge in [-0.05, 0) is 76.8 Å². The molecule has 1 aromatic heterocycles. The molecule has 1 aliphatic carbocycles. The monoisotopic (exact) mass is 545 g/mol. The zero-order chi connectivity index (χ0) is 29.2. The van der Waals surface area contributed by atoms with Gasteiger partial charge in [0.05, 0.1) is 17.7 Å². The number of hydrogen-bond donors (Lipinski definition) is 0. The first-order valence-corrected chi connectivity index (χ1v) is 13.2. The largest absolute Gasteiger partial charge is 0.490 e. The SMILES string of the molecule is CC(C)Oc1ccc(-c2nc(-c3cccc4c3CC[C@@H]4N(C(=O)OCC(=O)N(C)C)C(C)(C)C)no2)cc1C#N. The quantitative estimate of drug-likeness (QED) is 0.388. The van der Waals surface area contributed by atoms with Crippen molar-refractivity contribution in [2.24, 2.45) is 0 Å². The van der Waals surface area contributed by atoms with Crippen LogP contribution in [0.4, 0.5) is 4.79 Å². The fourth-order valence-corrected chi connectivity index (χ4v) is 4.86. The maximum atomic E-state index is 13.2. The molecule has 0 fully saturated rings. The molecule has 0 bridgehead atoms. The molecule has 210 valence electrons. The third kappa shape index (κ3) is 5.93. The van der Waals surface area contributed by atoms with E-state index in [4.69, 9.17) is 14.0 Å². The molecule has 0 saturated heterocycles. The highest BCUT2D eigenvalue weighted by atomic mass is 16.6. The number of carbonyl (C=O) groups is 2. The van der Waals surface area contributed by atoms with Crippen LogP contribution < -0.4 is 4.74 Å². The van der Waals surface area contributed by atoms with E-state index in [0.29, 0.717) is 41.4 Å². The fourth-order valence-electron chi connectivity index (χ4n) is 4.86. The van der Waals surface area contributed by atoms with Crippen LogP contribution >= 0.6 is 0 Å². The average molecular weight is 546 g/mol. The van der Waals surface area contributed by atoms with Crippen molar-refractivity contribution < 1.29 is 23.6 Å². The van der Waals surface area contributed by atoms with Crippen LogP contribution in [0.15, 0.2) is 40.9 Å². The number of benzene rings is 2. The Kier molecular flexibility index (Phi) is 8.14. The Bertz CT molecular complexity index is 1450. The summed E-state index contributed by atoms with van der Waals surface area (Å²) in [5.41, 5.74) is 3.28. The second-order valence-corrected chi connectivity index (χ2v) is 11.2. The van der Waals surface area contributed by atoms with Crippen molar-refractivity contribution in [3.05, 3.63) is 53.1 Å². The second kappa shape index (κ2) is 11.4. The molecule has 10 heteroatoms. The number of aromatic nitrogens is 2. The lowest BCUT2D eigenvalue weighted by atomic mass is 9.98. The van der Waals surface area contributed by atoms with Gasteiger partial charge < -0.3 is 18.9 Å². The van der Waals surface area contributed by atoms with Crippen molar-refractivity contribution in [2.75, 3.05) is 20.7 Å². The molecule has 1 atom stereocenters. The Balaban J connectivity index is 1.63. The van der Waals surface area contributed by atoms with Crippen LogP contribution in [0.25, 0.3) is 22.8 Å². The molecule has 4 rings (SSSR count). The van der Waals surface area contributed by atoms with Crippen LogP contribution in [0.5, 0.6) is 5.75 Å². The van der Waals surface area contributed by atoms with Gasteiger partial charge in [-0.15, -0.1) is 0 Å². The molecule has 0 spiro atoms. The van der Waals surface area contributed by atoms with Gasteiger partial charge in [-0.25, -0.2) is 4.79 Å². The van der Waals surface area contributed by atoms with Crippen LogP contribution in [-0.4, -0.2) is 64.3 Å². The highest BCUT2D eigenvalue weighted by Crippen LogP contribution is 2.43. The lowest BCUT2D eigenvalue weighted by molar-refractivity contribution is -0.132. The van der Waals surface area contributed by atoms with Gasteiger partial charge in [0.2, 0.25) is 5.82 Å². The molecule has 40 heavy (non-hydrogen) atoms. The van der Waals surface area contributed by atoms with Crippen molar-refractivity contribution in [2.45, 2.75) is 65.1 Å². The summed E-state index contributed by atoms with van der Waals surface area (Å²) >= 11 is 0. The predicted octanol–water partition coefficient (Wildman–Crippen LogP) is 5.38. The second-order valence-electron chi connectivity index (χ2n) is 11.2. The molecule has 2 amide bonds. The fraction of sp³-hybridized carbons (Fsp3) is 0.433. The molecular formula is C30H35N5O5. The number of likely N-dealkylation sites (N-methyl/N-ethyl adjacent to an activating group) is 1. The maximum absolute atomic E-state index is 13.2. The van der Waals surface area contributed by atoms with E-state index in [1.54, 1.807) is 37.2 Å². The molecule has 0 unspecified atom stereocenters. The van der Waals surface area contributed by atoms with Crippen molar-refractivity contribution in [3.63, 3.8) is 0 Å². The molecule has 2 aromatic carbocycles. The summed E-state index contributed by atoms with van der Waals surface area (Å²) in [7, 11) is 3.24. The van der Waals surface area contributed by atoms with E-state index in [1.807, 2.05) is 52.8 Å². The summed E-state index contributed by atoms with van der Waals surface area (Å²) in [5.74, 6) is 0.935. The average Bonchev–Trinajstić information content (AvgIpc) is 3.54. The van der Waals surface area contributed by atoms with Crippen LogP contribution in [0, 0.1) is 11.3 Å². The lowest BCUT2D eigenvalue weighted by Crippen LogP contribution is -2.48. The van der Waals surface area contributed by atoms with Crippen molar-refractivity contribution in [3.8, 4) is 34.7 Å². The van der Waals surface area contributed by atoms with Gasteiger partial charge in [-0.3, -0.25) is 9.69 Å². The standard InChI is InChI=1S/C30H35N5O5/c1-18(2)39-25-14-11-19(15-20(25)16-31)28-32-27(33-40-28)23-10-8-9-22-21(23)12-13-24(22)35(30(3,4)5)29(37)38-17-26(36)34(6)7/h8-11,14-15,18,24H,12-13,17H2,1-7H3/t24-/m0/s1. The molecule has 0 aliphatic heterocycles. The molecule has 10 nitrogen and oxygen atoms in total. The number of nitriles is 1. The minimum atomic E-state index is -0.552. The van der Waals surface area contributed by atoms with E-state index < -0.39 is 11.6 Å². The number of carbonyl (C=O) groups excluding carboxylic acids is 2. The Morgan fingerprint density at radius 2 is 1.95 bits per heavy atom. The summed E-state index contributed by atoms with van der Waals surface area (Å²) in [6.07, 6.45) is 0.795. The molecule has 0 radical (unpaired) electrons. The number of fused-ring (bicyclic) bond motifs is 1. The van der Waals surface area contributed by atoms with Gasteiger partial charge in [-0.1, -0.05) is 23.4 Å². The Morgan fingerprint density at radius 3 is 2.60 bits per heavy atom. The van der Waals surface area contributed by atoms with Gasteiger partial charge >= 0.3 is 6.09 Å². The number of ether oxygens (including phenoxy) is 2. The number of amides is 2. The Morgan fingerprint density at radius 1 is 1.20 bits per heavy atom. The molecule has 1 heterocycles. The van der Waals surface area contributed by atoms with Crippen LogP contribution in [0.2, 0.25) is 0 Å². The van der Waals surface area contributed by atoms with E-state index in [1.165, 1.54) is 4.90 Å².